The van der Waals surface area contributed by atoms with Gasteiger partial charge in [-0.3, -0.25) is 0 Å². The van der Waals surface area contributed by atoms with Crippen LogP contribution in [-0.4, -0.2) is 30.8 Å². The van der Waals surface area contributed by atoms with Crippen LogP contribution in [-0.2, 0) is 10.6 Å². The zero-order valence-electron chi connectivity index (χ0n) is 10.7. The van der Waals surface area contributed by atoms with Crippen molar-refractivity contribution in [2.24, 2.45) is 0 Å². The third kappa shape index (κ3) is 2.75. The Hall–Kier alpha value is -0.870. The van der Waals surface area contributed by atoms with E-state index in [1.165, 1.54) is 12.3 Å². The molecule has 2 unspecified atom stereocenters. The second kappa shape index (κ2) is 5.85. The second-order valence-corrected chi connectivity index (χ2v) is 4.96. The van der Waals surface area contributed by atoms with Crippen LogP contribution in [0.3, 0.4) is 0 Å². The number of rotatable bonds is 3. The van der Waals surface area contributed by atoms with E-state index in [1.807, 2.05) is 0 Å². The maximum absolute atomic E-state index is 13.2. The van der Waals surface area contributed by atoms with E-state index in [-0.39, 0.29) is 11.7 Å². The van der Waals surface area contributed by atoms with Gasteiger partial charge in [0.05, 0.1) is 18.2 Å². The molecule has 1 aliphatic heterocycles. The molecule has 1 saturated heterocycles. The summed E-state index contributed by atoms with van der Waals surface area (Å²) in [5.41, 5.74) is 0.749. The molecular weight excluding hydrogens is 255 g/mol. The van der Waals surface area contributed by atoms with Gasteiger partial charge in [0.1, 0.15) is 11.6 Å². The number of hydrogen-bond acceptors (Lipinski definition) is 3. The molecule has 0 amide bonds. The SMILES string of the molecule is COC1CCN(c2ncc(F)cc2CCl)C(C)C1. The van der Waals surface area contributed by atoms with Crippen LogP contribution in [0.15, 0.2) is 12.3 Å². The number of ether oxygens (including phenoxy) is 1. The standard InChI is InChI=1S/C13H18ClFN2O/c1-9-5-12(18-2)3-4-17(9)13-10(7-14)6-11(15)8-16-13/h6,8-9,12H,3-5,7H2,1-2H3. The molecule has 1 aromatic rings. The average molecular weight is 273 g/mol. The van der Waals surface area contributed by atoms with E-state index in [0.717, 1.165) is 30.8 Å². The largest absolute Gasteiger partial charge is 0.381 e. The van der Waals surface area contributed by atoms with Crippen LogP contribution in [0.2, 0.25) is 0 Å². The third-order valence-corrected chi connectivity index (χ3v) is 3.77. The van der Waals surface area contributed by atoms with Crippen molar-refractivity contribution >= 4 is 17.4 Å². The summed E-state index contributed by atoms with van der Waals surface area (Å²) in [5.74, 6) is 0.735. The Morgan fingerprint density at radius 1 is 1.61 bits per heavy atom. The molecule has 0 radical (unpaired) electrons. The zero-order valence-corrected chi connectivity index (χ0v) is 11.5. The first-order valence-corrected chi connectivity index (χ1v) is 6.69. The van der Waals surface area contributed by atoms with Crippen molar-refractivity contribution < 1.29 is 9.13 Å². The number of piperidine rings is 1. The molecule has 1 fully saturated rings. The van der Waals surface area contributed by atoms with Crippen molar-refractivity contribution in [3.8, 4) is 0 Å². The van der Waals surface area contributed by atoms with E-state index >= 15 is 0 Å². The first-order chi connectivity index (χ1) is 8.65. The minimum absolute atomic E-state index is 0.275. The fourth-order valence-electron chi connectivity index (χ4n) is 2.49. The molecule has 1 aromatic heterocycles. The maximum Gasteiger partial charge on any atom is 0.141 e. The Balaban J connectivity index is 2.21. The summed E-state index contributed by atoms with van der Waals surface area (Å²) >= 11 is 5.87. The molecule has 0 N–H and O–H groups in total. The van der Waals surface area contributed by atoms with Crippen LogP contribution in [0.5, 0.6) is 0 Å². The summed E-state index contributed by atoms with van der Waals surface area (Å²) in [4.78, 5) is 6.39. The van der Waals surface area contributed by atoms with Crippen LogP contribution in [0.4, 0.5) is 10.2 Å². The highest BCUT2D eigenvalue weighted by Gasteiger charge is 2.27. The van der Waals surface area contributed by atoms with Crippen molar-refractivity contribution in [1.29, 1.82) is 0 Å². The van der Waals surface area contributed by atoms with Crippen LogP contribution >= 0.6 is 11.6 Å². The van der Waals surface area contributed by atoms with Crippen LogP contribution < -0.4 is 4.90 Å². The zero-order chi connectivity index (χ0) is 13.1. The van der Waals surface area contributed by atoms with Crippen molar-refractivity contribution in [2.45, 2.75) is 37.8 Å². The second-order valence-electron chi connectivity index (χ2n) is 4.69. The summed E-state index contributed by atoms with van der Waals surface area (Å²) in [6, 6.07) is 1.79. The first kappa shape index (κ1) is 13.6. The Bertz CT molecular complexity index is 416. The summed E-state index contributed by atoms with van der Waals surface area (Å²) in [5, 5.41) is 0. The minimum atomic E-state index is -0.339. The Labute approximate surface area is 112 Å². The Morgan fingerprint density at radius 2 is 2.39 bits per heavy atom. The predicted octanol–water partition coefficient (Wildman–Crippen LogP) is 2.96. The lowest BCUT2D eigenvalue weighted by molar-refractivity contribution is 0.0719. The highest BCUT2D eigenvalue weighted by Crippen LogP contribution is 2.28. The number of alkyl halides is 1. The van der Waals surface area contributed by atoms with E-state index in [9.17, 15) is 4.39 Å². The van der Waals surface area contributed by atoms with Gasteiger partial charge in [-0.15, -0.1) is 11.6 Å². The average Bonchev–Trinajstić information content (AvgIpc) is 2.39. The van der Waals surface area contributed by atoms with Gasteiger partial charge in [0.25, 0.3) is 0 Å². The van der Waals surface area contributed by atoms with Crippen molar-refractivity contribution in [2.75, 3.05) is 18.6 Å². The lowest BCUT2D eigenvalue weighted by Crippen LogP contribution is -2.44. The molecule has 5 heteroatoms. The lowest BCUT2D eigenvalue weighted by atomic mass is 10.00. The number of hydrogen-bond donors (Lipinski definition) is 0. The maximum atomic E-state index is 13.2. The van der Waals surface area contributed by atoms with E-state index in [0.29, 0.717) is 12.1 Å². The molecule has 18 heavy (non-hydrogen) atoms. The molecule has 1 aliphatic rings. The van der Waals surface area contributed by atoms with Crippen molar-refractivity contribution in [3.05, 3.63) is 23.6 Å². The quantitative estimate of drug-likeness (QED) is 0.791. The normalized spacial score (nSPS) is 24.3. The van der Waals surface area contributed by atoms with Crippen molar-refractivity contribution in [3.63, 3.8) is 0 Å². The number of halogens is 2. The molecule has 0 spiro atoms. The topological polar surface area (TPSA) is 25.4 Å². The minimum Gasteiger partial charge on any atom is -0.381 e. The van der Waals surface area contributed by atoms with E-state index in [4.69, 9.17) is 16.3 Å². The third-order valence-electron chi connectivity index (χ3n) is 3.49. The molecule has 3 nitrogen and oxygen atoms in total. The summed E-state index contributed by atoms with van der Waals surface area (Å²) in [6.07, 6.45) is 3.47. The number of pyridine rings is 1. The van der Waals surface area contributed by atoms with Gasteiger partial charge in [-0.2, -0.15) is 0 Å². The van der Waals surface area contributed by atoms with Gasteiger partial charge in [-0.25, -0.2) is 9.37 Å². The summed E-state index contributed by atoms with van der Waals surface area (Å²) in [7, 11) is 1.74. The van der Waals surface area contributed by atoms with Crippen LogP contribution in [0, 0.1) is 5.82 Å². The van der Waals surface area contributed by atoms with Gasteiger partial charge in [0, 0.05) is 25.3 Å². The fourth-order valence-corrected chi connectivity index (χ4v) is 2.69. The van der Waals surface area contributed by atoms with Gasteiger partial charge in [-0.05, 0) is 25.8 Å². The molecular formula is C13H18ClFN2O. The Kier molecular flexibility index (Phi) is 4.40. The molecule has 2 atom stereocenters. The molecule has 0 saturated carbocycles. The number of methoxy groups -OCH3 is 1. The van der Waals surface area contributed by atoms with Gasteiger partial charge < -0.3 is 9.64 Å². The smallest absolute Gasteiger partial charge is 0.141 e. The number of nitrogens with zero attached hydrogens (tertiary/aromatic N) is 2. The first-order valence-electron chi connectivity index (χ1n) is 6.15. The van der Waals surface area contributed by atoms with Crippen LogP contribution in [0.1, 0.15) is 25.3 Å². The van der Waals surface area contributed by atoms with Gasteiger partial charge in [0.2, 0.25) is 0 Å². The van der Waals surface area contributed by atoms with Crippen LogP contribution in [0.25, 0.3) is 0 Å². The van der Waals surface area contributed by atoms with Gasteiger partial charge >= 0.3 is 0 Å². The lowest BCUT2D eigenvalue weighted by Gasteiger charge is -2.38. The number of anilines is 1. The Morgan fingerprint density at radius 3 is 3.00 bits per heavy atom. The summed E-state index contributed by atoms with van der Waals surface area (Å²) in [6.45, 7) is 3.00. The highest BCUT2D eigenvalue weighted by molar-refractivity contribution is 6.17. The highest BCUT2D eigenvalue weighted by atomic mass is 35.5. The van der Waals surface area contributed by atoms with Crippen molar-refractivity contribution in [1.82, 2.24) is 4.98 Å². The fraction of sp³-hybridized carbons (Fsp3) is 0.615. The molecule has 0 bridgehead atoms. The van der Waals surface area contributed by atoms with Gasteiger partial charge in [0.15, 0.2) is 0 Å². The molecule has 100 valence electrons. The molecule has 0 aromatic carbocycles. The molecule has 2 heterocycles. The van der Waals surface area contributed by atoms with E-state index in [2.05, 4.69) is 16.8 Å². The molecule has 0 aliphatic carbocycles. The monoisotopic (exact) mass is 272 g/mol. The predicted molar refractivity (Wildman–Crippen MR) is 70.6 cm³/mol. The van der Waals surface area contributed by atoms with E-state index in [1.54, 1.807) is 7.11 Å². The molecule has 2 rings (SSSR count). The van der Waals surface area contributed by atoms with E-state index < -0.39 is 0 Å². The summed E-state index contributed by atoms with van der Waals surface area (Å²) < 4.78 is 18.5. The number of aromatic nitrogens is 1. The van der Waals surface area contributed by atoms with Gasteiger partial charge in [-0.1, -0.05) is 0 Å².